The number of rotatable bonds is 5. The zero-order chi connectivity index (χ0) is 14.5. The Kier molecular flexibility index (Phi) is 5.32. The lowest BCUT2D eigenvalue weighted by Gasteiger charge is -2.13. The van der Waals surface area contributed by atoms with Crippen LogP contribution in [-0.4, -0.2) is 13.2 Å². The molecule has 0 saturated heterocycles. The van der Waals surface area contributed by atoms with Gasteiger partial charge in [0.2, 0.25) is 0 Å². The molecular formula is C16H17BrClNO. The number of nitrogens with one attached hydrogen (secondary N) is 1. The average molecular weight is 355 g/mol. The van der Waals surface area contributed by atoms with Crippen molar-refractivity contribution >= 4 is 33.2 Å². The van der Waals surface area contributed by atoms with Gasteiger partial charge in [0.05, 0.1) is 0 Å². The van der Waals surface area contributed by atoms with Gasteiger partial charge in [-0.3, -0.25) is 0 Å². The molecule has 2 nitrogen and oxygen atoms in total. The number of ether oxygens (including phenoxy) is 1. The summed E-state index contributed by atoms with van der Waals surface area (Å²) in [5.41, 5.74) is 3.22. The predicted octanol–water partition coefficient (Wildman–Crippen LogP) is 5.21. The third kappa shape index (κ3) is 4.15. The maximum atomic E-state index is 6.00. The van der Waals surface area contributed by atoms with Crippen LogP contribution in [0.4, 0.5) is 5.69 Å². The van der Waals surface area contributed by atoms with Gasteiger partial charge in [0, 0.05) is 21.7 Å². The minimum atomic E-state index is 0.610. The van der Waals surface area contributed by atoms with Crippen molar-refractivity contribution in [2.75, 3.05) is 18.5 Å². The van der Waals surface area contributed by atoms with E-state index in [0.29, 0.717) is 6.61 Å². The van der Waals surface area contributed by atoms with Gasteiger partial charge in [-0.2, -0.15) is 0 Å². The summed E-state index contributed by atoms with van der Waals surface area (Å²) in [5, 5.41) is 4.07. The summed E-state index contributed by atoms with van der Waals surface area (Å²) in [7, 11) is 0. The maximum absolute atomic E-state index is 6.00. The molecule has 0 radical (unpaired) electrons. The monoisotopic (exact) mass is 353 g/mol. The van der Waals surface area contributed by atoms with Crippen LogP contribution in [0, 0.1) is 13.8 Å². The van der Waals surface area contributed by atoms with Gasteiger partial charge in [0.25, 0.3) is 0 Å². The molecule has 0 bridgehead atoms. The summed E-state index contributed by atoms with van der Waals surface area (Å²) in [6.07, 6.45) is 0. The van der Waals surface area contributed by atoms with Gasteiger partial charge in [-0.05, 0) is 61.4 Å². The Bertz CT molecular complexity index is 561. The standard InChI is InChI=1S/C16H17BrClNO/c1-11-9-14(18)10-12(2)16(11)20-8-7-19-15-5-3-13(17)4-6-15/h3-6,9-10,19H,7-8H2,1-2H3. The molecule has 2 rings (SSSR count). The first-order valence-electron chi connectivity index (χ1n) is 6.45. The molecule has 0 spiro atoms. The number of aryl methyl sites for hydroxylation is 2. The Morgan fingerprint density at radius 2 is 1.70 bits per heavy atom. The summed E-state index contributed by atoms with van der Waals surface area (Å²) >= 11 is 9.42. The number of halogens is 2. The SMILES string of the molecule is Cc1cc(Cl)cc(C)c1OCCNc1ccc(Br)cc1. The van der Waals surface area contributed by atoms with E-state index in [1.165, 1.54) is 0 Å². The van der Waals surface area contributed by atoms with E-state index in [2.05, 4.69) is 21.2 Å². The van der Waals surface area contributed by atoms with Crippen molar-refractivity contribution in [3.8, 4) is 5.75 Å². The average Bonchev–Trinajstić information content (AvgIpc) is 2.39. The summed E-state index contributed by atoms with van der Waals surface area (Å²) in [4.78, 5) is 0. The van der Waals surface area contributed by atoms with E-state index in [-0.39, 0.29) is 0 Å². The fourth-order valence-corrected chi connectivity index (χ4v) is 2.63. The Balaban J connectivity index is 1.86. The highest BCUT2D eigenvalue weighted by Crippen LogP contribution is 2.26. The minimum Gasteiger partial charge on any atom is -0.491 e. The molecular weight excluding hydrogens is 338 g/mol. The van der Waals surface area contributed by atoms with Gasteiger partial charge in [-0.15, -0.1) is 0 Å². The van der Waals surface area contributed by atoms with Crippen LogP contribution in [0.5, 0.6) is 5.75 Å². The highest BCUT2D eigenvalue weighted by atomic mass is 79.9. The number of hydrogen-bond donors (Lipinski definition) is 1. The van der Waals surface area contributed by atoms with Gasteiger partial charge in [0.15, 0.2) is 0 Å². The van der Waals surface area contributed by atoms with Crippen LogP contribution < -0.4 is 10.1 Å². The molecule has 0 aliphatic heterocycles. The van der Waals surface area contributed by atoms with E-state index in [4.69, 9.17) is 16.3 Å². The van der Waals surface area contributed by atoms with Crippen molar-refractivity contribution in [3.63, 3.8) is 0 Å². The molecule has 1 N–H and O–H groups in total. The highest BCUT2D eigenvalue weighted by molar-refractivity contribution is 9.10. The van der Waals surface area contributed by atoms with Crippen LogP contribution in [0.2, 0.25) is 5.02 Å². The van der Waals surface area contributed by atoms with E-state index in [1.807, 2.05) is 50.2 Å². The second-order valence-electron chi connectivity index (χ2n) is 4.65. The van der Waals surface area contributed by atoms with Crippen LogP contribution in [-0.2, 0) is 0 Å². The van der Waals surface area contributed by atoms with E-state index >= 15 is 0 Å². The molecule has 0 fully saturated rings. The van der Waals surface area contributed by atoms with Crippen molar-refractivity contribution < 1.29 is 4.74 Å². The maximum Gasteiger partial charge on any atom is 0.125 e. The molecule has 0 unspecified atom stereocenters. The quantitative estimate of drug-likeness (QED) is 0.744. The van der Waals surface area contributed by atoms with Crippen molar-refractivity contribution in [2.24, 2.45) is 0 Å². The second-order valence-corrected chi connectivity index (χ2v) is 6.00. The first-order chi connectivity index (χ1) is 9.56. The molecule has 0 atom stereocenters. The van der Waals surface area contributed by atoms with E-state index in [9.17, 15) is 0 Å². The normalized spacial score (nSPS) is 10.4. The topological polar surface area (TPSA) is 21.3 Å². The highest BCUT2D eigenvalue weighted by Gasteiger charge is 2.05. The summed E-state index contributed by atoms with van der Waals surface area (Å²) in [6, 6.07) is 11.9. The van der Waals surface area contributed by atoms with Crippen LogP contribution in [0.25, 0.3) is 0 Å². The molecule has 0 saturated carbocycles. The predicted molar refractivity (Wildman–Crippen MR) is 89.1 cm³/mol. The third-order valence-corrected chi connectivity index (χ3v) is 3.69. The largest absolute Gasteiger partial charge is 0.491 e. The van der Waals surface area contributed by atoms with Crippen molar-refractivity contribution in [2.45, 2.75) is 13.8 Å². The van der Waals surface area contributed by atoms with Gasteiger partial charge >= 0.3 is 0 Å². The minimum absolute atomic E-state index is 0.610. The number of anilines is 1. The molecule has 4 heteroatoms. The lowest BCUT2D eigenvalue weighted by molar-refractivity contribution is 0.328. The van der Waals surface area contributed by atoms with E-state index in [1.54, 1.807) is 0 Å². The molecule has 20 heavy (non-hydrogen) atoms. The van der Waals surface area contributed by atoms with Crippen LogP contribution in [0.15, 0.2) is 40.9 Å². The number of benzene rings is 2. The smallest absolute Gasteiger partial charge is 0.125 e. The van der Waals surface area contributed by atoms with Gasteiger partial charge in [-0.25, -0.2) is 0 Å². The summed E-state index contributed by atoms with van der Waals surface area (Å²) in [6.45, 7) is 5.38. The first kappa shape index (κ1) is 15.2. The molecule has 0 heterocycles. The van der Waals surface area contributed by atoms with Gasteiger partial charge < -0.3 is 10.1 Å². The molecule has 0 aliphatic carbocycles. The molecule has 0 aromatic heterocycles. The Morgan fingerprint density at radius 1 is 1.10 bits per heavy atom. The van der Waals surface area contributed by atoms with E-state index < -0.39 is 0 Å². The van der Waals surface area contributed by atoms with E-state index in [0.717, 1.165) is 38.6 Å². The lowest BCUT2D eigenvalue weighted by atomic mass is 10.1. The third-order valence-electron chi connectivity index (χ3n) is 2.95. The molecule has 106 valence electrons. The van der Waals surface area contributed by atoms with Gasteiger partial charge in [0.1, 0.15) is 12.4 Å². The Hall–Kier alpha value is -1.19. The zero-order valence-electron chi connectivity index (χ0n) is 11.5. The second kappa shape index (κ2) is 7.00. The molecule has 0 amide bonds. The van der Waals surface area contributed by atoms with Crippen LogP contribution >= 0.6 is 27.5 Å². The summed E-state index contributed by atoms with van der Waals surface area (Å²) in [5.74, 6) is 0.923. The Morgan fingerprint density at radius 3 is 2.30 bits per heavy atom. The Labute approximate surface area is 133 Å². The first-order valence-corrected chi connectivity index (χ1v) is 7.62. The van der Waals surface area contributed by atoms with Crippen LogP contribution in [0.1, 0.15) is 11.1 Å². The van der Waals surface area contributed by atoms with Crippen molar-refractivity contribution in [3.05, 3.63) is 57.0 Å². The van der Waals surface area contributed by atoms with Crippen molar-refractivity contribution in [1.82, 2.24) is 0 Å². The lowest BCUT2D eigenvalue weighted by Crippen LogP contribution is -2.12. The number of hydrogen-bond acceptors (Lipinski definition) is 2. The molecule has 2 aromatic rings. The zero-order valence-corrected chi connectivity index (χ0v) is 13.9. The summed E-state index contributed by atoms with van der Waals surface area (Å²) < 4.78 is 6.91. The fourth-order valence-electron chi connectivity index (χ4n) is 2.04. The van der Waals surface area contributed by atoms with Gasteiger partial charge in [-0.1, -0.05) is 27.5 Å². The van der Waals surface area contributed by atoms with Crippen LogP contribution in [0.3, 0.4) is 0 Å². The van der Waals surface area contributed by atoms with Crippen molar-refractivity contribution in [1.29, 1.82) is 0 Å². The molecule has 2 aromatic carbocycles. The fraction of sp³-hybridized carbons (Fsp3) is 0.250. The molecule has 0 aliphatic rings.